The van der Waals surface area contributed by atoms with Crippen molar-refractivity contribution in [1.29, 1.82) is 0 Å². The summed E-state index contributed by atoms with van der Waals surface area (Å²) >= 11 is 1.53. The summed E-state index contributed by atoms with van der Waals surface area (Å²) in [5, 5.41) is 3.60. The largest absolute Gasteiger partial charge is 0.494 e. The van der Waals surface area contributed by atoms with E-state index in [-0.39, 0.29) is 17.7 Å². The second kappa shape index (κ2) is 9.19. The Hall–Kier alpha value is -2.41. The van der Waals surface area contributed by atoms with E-state index < -0.39 is 0 Å². The predicted octanol–water partition coefficient (Wildman–Crippen LogP) is 3.97. The predicted molar refractivity (Wildman–Crippen MR) is 112 cm³/mol. The number of piperidine rings is 1. The number of hydrogen-bond donors (Lipinski definition) is 1. The zero-order valence-corrected chi connectivity index (χ0v) is 17.5. The second-order valence-electron chi connectivity index (χ2n) is 7.00. The molecule has 1 atom stereocenters. The van der Waals surface area contributed by atoms with Gasteiger partial charge in [-0.05, 0) is 44.0 Å². The highest BCUT2D eigenvalue weighted by Crippen LogP contribution is 2.33. The number of rotatable bonds is 7. The van der Waals surface area contributed by atoms with E-state index in [0.717, 1.165) is 34.7 Å². The van der Waals surface area contributed by atoms with Crippen molar-refractivity contribution in [3.8, 4) is 17.0 Å². The Bertz CT molecular complexity index is 832. The van der Waals surface area contributed by atoms with Gasteiger partial charge in [0.2, 0.25) is 11.8 Å². The monoisotopic (exact) mass is 401 g/mol. The minimum absolute atomic E-state index is 0.0607. The fraction of sp³-hybridized carbons (Fsp3) is 0.476. The van der Waals surface area contributed by atoms with Crippen molar-refractivity contribution < 1.29 is 14.3 Å². The van der Waals surface area contributed by atoms with Crippen molar-refractivity contribution in [2.24, 2.45) is 5.92 Å². The smallest absolute Gasteiger partial charge is 0.231 e. The number of amides is 2. The van der Waals surface area contributed by atoms with E-state index in [1.165, 1.54) is 11.3 Å². The van der Waals surface area contributed by atoms with Gasteiger partial charge in [-0.25, -0.2) is 4.98 Å². The lowest BCUT2D eigenvalue weighted by atomic mass is 9.97. The zero-order chi connectivity index (χ0) is 20.1. The molecule has 1 N–H and O–H groups in total. The molecule has 2 heterocycles. The number of nitrogens with zero attached hydrogens (tertiary/aromatic N) is 2. The first-order valence-electron chi connectivity index (χ1n) is 9.79. The van der Waals surface area contributed by atoms with Gasteiger partial charge in [-0.1, -0.05) is 13.3 Å². The number of carbonyl (C=O) groups is 2. The van der Waals surface area contributed by atoms with E-state index in [4.69, 9.17) is 9.72 Å². The van der Waals surface area contributed by atoms with Gasteiger partial charge in [0.15, 0.2) is 5.13 Å². The van der Waals surface area contributed by atoms with Gasteiger partial charge in [0, 0.05) is 30.5 Å². The van der Waals surface area contributed by atoms with Crippen molar-refractivity contribution in [3.63, 3.8) is 0 Å². The van der Waals surface area contributed by atoms with Gasteiger partial charge in [-0.2, -0.15) is 0 Å². The third-order valence-electron chi connectivity index (χ3n) is 4.84. The summed E-state index contributed by atoms with van der Waals surface area (Å²) in [7, 11) is 1.74. The maximum Gasteiger partial charge on any atom is 0.231 e. The van der Waals surface area contributed by atoms with Crippen LogP contribution in [0, 0.1) is 5.92 Å². The van der Waals surface area contributed by atoms with E-state index in [1.807, 2.05) is 31.2 Å². The summed E-state index contributed by atoms with van der Waals surface area (Å²) in [4.78, 5) is 31.8. The van der Waals surface area contributed by atoms with Gasteiger partial charge in [0.1, 0.15) is 5.75 Å². The lowest BCUT2D eigenvalue weighted by molar-refractivity contribution is -0.135. The van der Waals surface area contributed by atoms with Crippen LogP contribution in [0.15, 0.2) is 24.3 Å². The van der Waals surface area contributed by atoms with Gasteiger partial charge in [-0.15, -0.1) is 11.3 Å². The van der Waals surface area contributed by atoms with Gasteiger partial charge in [-0.3, -0.25) is 9.59 Å². The summed E-state index contributed by atoms with van der Waals surface area (Å²) in [6.07, 6.45) is 2.94. The first-order valence-corrected chi connectivity index (χ1v) is 10.6. The summed E-state index contributed by atoms with van der Waals surface area (Å²) < 4.78 is 5.51. The topological polar surface area (TPSA) is 71.5 Å². The number of aryl methyl sites for hydroxylation is 1. The molecule has 0 spiro atoms. The van der Waals surface area contributed by atoms with Gasteiger partial charge in [0.05, 0.1) is 18.2 Å². The molecule has 3 rings (SSSR count). The molecule has 150 valence electrons. The number of nitrogens with one attached hydrogen (secondary N) is 1. The number of carbonyl (C=O) groups excluding carboxylic acids is 2. The standard InChI is InChI=1S/C21H27N3O3S/c1-4-6-17-19(14-7-10-16(11-8-14)27-5-2)22-21(28-17)23-20(26)15-9-12-18(25)24(3)13-15/h7-8,10-11,15H,4-6,9,12-13H2,1-3H3,(H,22,23,26). The number of aromatic nitrogens is 1. The number of likely N-dealkylation sites (tertiary alicyclic amines) is 1. The fourth-order valence-electron chi connectivity index (χ4n) is 3.34. The Morgan fingerprint density at radius 2 is 2.07 bits per heavy atom. The number of thiazole rings is 1. The molecule has 0 aliphatic carbocycles. The highest BCUT2D eigenvalue weighted by molar-refractivity contribution is 7.16. The van der Waals surface area contributed by atoms with E-state index in [1.54, 1.807) is 11.9 Å². The molecular formula is C21H27N3O3S. The van der Waals surface area contributed by atoms with Crippen LogP contribution in [0.3, 0.4) is 0 Å². The number of ether oxygens (including phenoxy) is 1. The molecule has 7 heteroatoms. The third kappa shape index (κ3) is 4.70. The fourth-order valence-corrected chi connectivity index (χ4v) is 4.42. The molecule has 2 amide bonds. The highest BCUT2D eigenvalue weighted by atomic mass is 32.1. The molecule has 28 heavy (non-hydrogen) atoms. The minimum atomic E-state index is -0.185. The van der Waals surface area contributed by atoms with Crippen molar-refractivity contribution in [1.82, 2.24) is 9.88 Å². The van der Waals surface area contributed by atoms with Gasteiger partial charge in [0.25, 0.3) is 0 Å². The van der Waals surface area contributed by atoms with Crippen molar-refractivity contribution in [3.05, 3.63) is 29.1 Å². The molecule has 1 saturated heterocycles. The molecule has 1 aromatic heterocycles. The van der Waals surface area contributed by atoms with Crippen LogP contribution in [0.5, 0.6) is 5.75 Å². The molecule has 0 radical (unpaired) electrons. The zero-order valence-electron chi connectivity index (χ0n) is 16.7. The van der Waals surface area contributed by atoms with Crippen LogP contribution < -0.4 is 10.1 Å². The normalized spacial score (nSPS) is 16.9. The van der Waals surface area contributed by atoms with Crippen LogP contribution in [0.2, 0.25) is 0 Å². The molecule has 1 aromatic carbocycles. The summed E-state index contributed by atoms with van der Waals surface area (Å²) in [5.74, 6) is 0.689. The summed E-state index contributed by atoms with van der Waals surface area (Å²) in [6.45, 7) is 5.19. The van der Waals surface area contributed by atoms with Crippen molar-refractivity contribution in [2.75, 3.05) is 25.5 Å². The molecule has 0 bridgehead atoms. The Morgan fingerprint density at radius 1 is 1.32 bits per heavy atom. The van der Waals surface area contributed by atoms with Gasteiger partial charge >= 0.3 is 0 Å². The second-order valence-corrected chi connectivity index (χ2v) is 8.08. The van der Waals surface area contributed by atoms with Crippen LogP contribution >= 0.6 is 11.3 Å². The quantitative estimate of drug-likeness (QED) is 0.762. The molecular weight excluding hydrogens is 374 g/mol. The first kappa shape index (κ1) is 20.3. The van der Waals surface area contributed by atoms with E-state index in [0.29, 0.717) is 31.1 Å². The Kier molecular flexibility index (Phi) is 6.67. The van der Waals surface area contributed by atoms with Crippen LogP contribution in [0.4, 0.5) is 5.13 Å². The van der Waals surface area contributed by atoms with Crippen molar-refractivity contribution >= 4 is 28.3 Å². The van der Waals surface area contributed by atoms with Gasteiger partial charge < -0.3 is 15.0 Å². The van der Waals surface area contributed by atoms with E-state index >= 15 is 0 Å². The maximum atomic E-state index is 12.7. The minimum Gasteiger partial charge on any atom is -0.494 e. The lowest BCUT2D eigenvalue weighted by Crippen LogP contribution is -2.41. The molecule has 1 aliphatic rings. The van der Waals surface area contributed by atoms with Crippen molar-refractivity contribution in [2.45, 2.75) is 39.5 Å². The SMILES string of the molecule is CCCc1sc(NC(=O)C2CCC(=O)N(C)C2)nc1-c1ccc(OCC)cc1. The maximum absolute atomic E-state index is 12.7. The Balaban J connectivity index is 1.76. The summed E-state index contributed by atoms with van der Waals surface area (Å²) in [6, 6.07) is 7.90. The van der Waals surface area contributed by atoms with E-state index in [2.05, 4.69) is 12.2 Å². The molecule has 1 aliphatic heterocycles. The average Bonchev–Trinajstić information content (AvgIpc) is 3.07. The summed E-state index contributed by atoms with van der Waals surface area (Å²) in [5.41, 5.74) is 1.94. The third-order valence-corrected chi connectivity index (χ3v) is 5.87. The molecule has 1 unspecified atom stereocenters. The number of hydrogen-bond acceptors (Lipinski definition) is 5. The highest BCUT2D eigenvalue weighted by Gasteiger charge is 2.29. The molecule has 0 saturated carbocycles. The molecule has 2 aromatic rings. The number of benzene rings is 1. The van der Waals surface area contributed by atoms with Crippen LogP contribution in [0.1, 0.15) is 38.0 Å². The molecule has 6 nitrogen and oxygen atoms in total. The molecule has 1 fully saturated rings. The Morgan fingerprint density at radius 3 is 2.71 bits per heavy atom. The van der Waals surface area contributed by atoms with Crippen LogP contribution in [0.25, 0.3) is 11.3 Å². The van der Waals surface area contributed by atoms with E-state index in [9.17, 15) is 9.59 Å². The number of anilines is 1. The lowest BCUT2D eigenvalue weighted by Gasteiger charge is -2.28. The first-order chi connectivity index (χ1) is 13.5. The van der Waals surface area contributed by atoms with Crippen LogP contribution in [-0.4, -0.2) is 41.9 Å². The average molecular weight is 402 g/mol. The Labute approximate surface area is 169 Å². The van der Waals surface area contributed by atoms with Crippen LogP contribution in [-0.2, 0) is 16.0 Å².